The van der Waals surface area contributed by atoms with Crippen LogP contribution < -0.4 is 5.32 Å². The minimum absolute atomic E-state index is 0.579. The van der Waals surface area contributed by atoms with Gasteiger partial charge >= 0.3 is 0 Å². The van der Waals surface area contributed by atoms with Gasteiger partial charge in [0, 0.05) is 13.1 Å². The summed E-state index contributed by atoms with van der Waals surface area (Å²) in [5, 5.41) is 12.3. The van der Waals surface area contributed by atoms with E-state index in [9.17, 15) is 0 Å². The van der Waals surface area contributed by atoms with Crippen LogP contribution in [0.2, 0.25) is 0 Å². The van der Waals surface area contributed by atoms with E-state index >= 15 is 0 Å². The number of para-hydroxylation sites is 1. The molecule has 100 valence electrons. The summed E-state index contributed by atoms with van der Waals surface area (Å²) in [6.45, 7) is 4.18. The molecule has 0 radical (unpaired) electrons. The van der Waals surface area contributed by atoms with Crippen molar-refractivity contribution in [2.75, 3.05) is 6.54 Å². The SMILES string of the molecule is CCC1(CNCc2cnn(-c3ccccc3)n2)CC1. The van der Waals surface area contributed by atoms with Gasteiger partial charge in [0.15, 0.2) is 0 Å². The smallest absolute Gasteiger partial charge is 0.0969 e. The minimum atomic E-state index is 0.579. The highest BCUT2D eigenvalue weighted by molar-refractivity contribution is 5.28. The number of nitrogens with zero attached hydrogens (tertiary/aromatic N) is 3. The van der Waals surface area contributed by atoms with Crippen molar-refractivity contribution >= 4 is 0 Å². The lowest BCUT2D eigenvalue weighted by molar-refractivity contribution is 0.441. The predicted octanol–water partition coefficient (Wildman–Crippen LogP) is 2.55. The molecule has 4 nitrogen and oxygen atoms in total. The van der Waals surface area contributed by atoms with Gasteiger partial charge in [0.2, 0.25) is 0 Å². The van der Waals surface area contributed by atoms with E-state index in [1.54, 1.807) is 4.80 Å². The van der Waals surface area contributed by atoms with Crippen LogP contribution >= 0.6 is 0 Å². The first kappa shape index (κ1) is 12.4. The lowest BCUT2D eigenvalue weighted by Gasteiger charge is -2.12. The molecule has 0 spiro atoms. The first-order chi connectivity index (χ1) is 9.31. The van der Waals surface area contributed by atoms with Gasteiger partial charge < -0.3 is 5.32 Å². The van der Waals surface area contributed by atoms with Crippen LogP contribution in [0.25, 0.3) is 5.69 Å². The van der Waals surface area contributed by atoms with Gasteiger partial charge in [-0.1, -0.05) is 25.1 Å². The first-order valence-corrected chi connectivity index (χ1v) is 6.99. The number of rotatable bonds is 6. The van der Waals surface area contributed by atoms with Gasteiger partial charge in [-0.05, 0) is 36.8 Å². The Hall–Kier alpha value is -1.68. The molecule has 0 aliphatic heterocycles. The maximum Gasteiger partial charge on any atom is 0.0969 e. The Kier molecular flexibility index (Phi) is 3.34. The topological polar surface area (TPSA) is 42.7 Å². The highest BCUT2D eigenvalue weighted by atomic mass is 15.5. The highest BCUT2D eigenvalue weighted by Crippen LogP contribution is 2.47. The van der Waals surface area contributed by atoms with Crippen molar-refractivity contribution in [1.29, 1.82) is 0 Å². The van der Waals surface area contributed by atoms with Crippen molar-refractivity contribution in [1.82, 2.24) is 20.3 Å². The molecule has 1 N–H and O–H groups in total. The number of hydrogen-bond acceptors (Lipinski definition) is 3. The molecular formula is C15H20N4. The number of benzene rings is 1. The summed E-state index contributed by atoms with van der Waals surface area (Å²) in [6.07, 6.45) is 5.85. The van der Waals surface area contributed by atoms with Crippen LogP contribution in [0.4, 0.5) is 0 Å². The van der Waals surface area contributed by atoms with Crippen LogP contribution in [-0.4, -0.2) is 21.5 Å². The van der Waals surface area contributed by atoms with Crippen molar-refractivity contribution in [3.05, 3.63) is 42.2 Å². The minimum Gasteiger partial charge on any atom is -0.311 e. The van der Waals surface area contributed by atoms with Gasteiger partial charge in [-0.3, -0.25) is 0 Å². The molecule has 0 unspecified atom stereocenters. The average Bonchev–Trinajstić information content (AvgIpc) is 3.09. The summed E-state index contributed by atoms with van der Waals surface area (Å²) < 4.78 is 0. The molecule has 0 bridgehead atoms. The lowest BCUT2D eigenvalue weighted by Crippen LogP contribution is -2.23. The third-order valence-corrected chi connectivity index (χ3v) is 4.04. The quantitative estimate of drug-likeness (QED) is 0.863. The Morgan fingerprint density at radius 1 is 1.26 bits per heavy atom. The van der Waals surface area contributed by atoms with Crippen molar-refractivity contribution in [2.45, 2.75) is 32.7 Å². The largest absolute Gasteiger partial charge is 0.311 e. The second-order valence-corrected chi connectivity index (χ2v) is 5.42. The highest BCUT2D eigenvalue weighted by Gasteiger charge is 2.39. The molecule has 2 aromatic rings. The van der Waals surface area contributed by atoms with Crippen LogP contribution in [0.5, 0.6) is 0 Å². The molecule has 1 aromatic carbocycles. The second-order valence-electron chi connectivity index (χ2n) is 5.42. The molecule has 3 rings (SSSR count). The van der Waals surface area contributed by atoms with E-state index in [0.29, 0.717) is 5.41 Å². The lowest BCUT2D eigenvalue weighted by atomic mass is 10.0. The molecule has 19 heavy (non-hydrogen) atoms. The Bertz CT molecular complexity index is 528. The standard InChI is InChI=1S/C15H20N4/c1-2-15(8-9-15)12-16-10-13-11-17-19(18-13)14-6-4-3-5-7-14/h3-7,11,16H,2,8-10,12H2,1H3. The summed E-state index contributed by atoms with van der Waals surface area (Å²) >= 11 is 0. The Morgan fingerprint density at radius 3 is 2.74 bits per heavy atom. The second kappa shape index (κ2) is 5.13. The molecule has 4 heteroatoms. The van der Waals surface area contributed by atoms with Crippen LogP contribution in [0.1, 0.15) is 31.9 Å². The van der Waals surface area contributed by atoms with Gasteiger partial charge in [-0.2, -0.15) is 15.0 Å². The number of aromatic nitrogens is 3. The van der Waals surface area contributed by atoms with Crippen LogP contribution in [-0.2, 0) is 6.54 Å². The molecular weight excluding hydrogens is 236 g/mol. The van der Waals surface area contributed by atoms with Crippen molar-refractivity contribution in [3.63, 3.8) is 0 Å². The van der Waals surface area contributed by atoms with Gasteiger partial charge in [-0.15, -0.1) is 0 Å². The summed E-state index contributed by atoms with van der Waals surface area (Å²) in [6, 6.07) is 10.00. The average molecular weight is 256 g/mol. The summed E-state index contributed by atoms with van der Waals surface area (Å²) in [5.41, 5.74) is 2.58. The van der Waals surface area contributed by atoms with Crippen molar-refractivity contribution < 1.29 is 0 Å². The van der Waals surface area contributed by atoms with E-state index in [-0.39, 0.29) is 0 Å². The molecule has 0 atom stereocenters. The van der Waals surface area contributed by atoms with Crippen LogP contribution in [0, 0.1) is 5.41 Å². The fraction of sp³-hybridized carbons (Fsp3) is 0.467. The van der Waals surface area contributed by atoms with Crippen LogP contribution in [0.3, 0.4) is 0 Å². The zero-order chi connectivity index (χ0) is 13.1. The van der Waals surface area contributed by atoms with E-state index in [0.717, 1.165) is 24.5 Å². The van der Waals surface area contributed by atoms with E-state index in [1.165, 1.54) is 19.3 Å². The Balaban J connectivity index is 1.57. The summed E-state index contributed by atoms with van der Waals surface area (Å²) in [7, 11) is 0. The van der Waals surface area contributed by atoms with Crippen molar-refractivity contribution in [3.8, 4) is 5.69 Å². The van der Waals surface area contributed by atoms with Gasteiger partial charge in [0.05, 0.1) is 17.6 Å². The fourth-order valence-electron chi connectivity index (χ4n) is 2.35. The third kappa shape index (κ3) is 2.84. The first-order valence-electron chi connectivity index (χ1n) is 6.99. The molecule has 1 saturated carbocycles. The third-order valence-electron chi connectivity index (χ3n) is 4.04. The maximum absolute atomic E-state index is 4.49. The maximum atomic E-state index is 4.49. The zero-order valence-electron chi connectivity index (χ0n) is 11.3. The zero-order valence-corrected chi connectivity index (χ0v) is 11.3. The summed E-state index contributed by atoms with van der Waals surface area (Å²) in [4.78, 5) is 1.68. The van der Waals surface area contributed by atoms with Gasteiger partial charge in [0.1, 0.15) is 0 Å². The normalized spacial score (nSPS) is 16.5. The molecule has 0 saturated heterocycles. The van der Waals surface area contributed by atoms with E-state index < -0.39 is 0 Å². The summed E-state index contributed by atoms with van der Waals surface area (Å²) in [5.74, 6) is 0. The Morgan fingerprint density at radius 2 is 2.05 bits per heavy atom. The number of hydrogen-bond donors (Lipinski definition) is 1. The van der Waals surface area contributed by atoms with E-state index in [1.807, 2.05) is 36.5 Å². The van der Waals surface area contributed by atoms with Gasteiger partial charge in [-0.25, -0.2) is 0 Å². The van der Waals surface area contributed by atoms with E-state index in [2.05, 4.69) is 22.4 Å². The number of nitrogens with one attached hydrogen (secondary N) is 1. The molecule has 1 heterocycles. The molecule has 1 aliphatic rings. The van der Waals surface area contributed by atoms with E-state index in [4.69, 9.17) is 0 Å². The molecule has 0 amide bonds. The predicted molar refractivity (Wildman–Crippen MR) is 75.0 cm³/mol. The van der Waals surface area contributed by atoms with Crippen LogP contribution in [0.15, 0.2) is 36.5 Å². The Labute approximate surface area is 113 Å². The monoisotopic (exact) mass is 256 g/mol. The molecule has 1 fully saturated rings. The van der Waals surface area contributed by atoms with Crippen molar-refractivity contribution in [2.24, 2.45) is 5.41 Å². The molecule has 1 aromatic heterocycles. The fourth-order valence-corrected chi connectivity index (χ4v) is 2.35. The van der Waals surface area contributed by atoms with Gasteiger partial charge in [0.25, 0.3) is 0 Å². The molecule has 1 aliphatic carbocycles.